The molecule has 8 nitrogen and oxygen atoms in total. The Kier molecular flexibility index (Phi) is 5.64. The molecule has 0 bridgehead atoms. The number of nitro benzene ring substituents is 1. The zero-order chi connectivity index (χ0) is 20.2. The number of nitrogens with zero attached hydrogens (tertiary/aromatic N) is 2. The fourth-order valence-electron chi connectivity index (χ4n) is 1.98. The number of hydrogen-bond donors (Lipinski definition) is 2. The van der Waals surface area contributed by atoms with Gasteiger partial charge in [0.1, 0.15) is 12.2 Å². The number of pyridine rings is 1. The number of ether oxygens (including phenoxy) is 1. The molecular formula is C16H14F3N3O5. The predicted molar refractivity (Wildman–Crippen MR) is 87.1 cm³/mol. The summed E-state index contributed by atoms with van der Waals surface area (Å²) in [5, 5.41) is 23.0. The summed E-state index contributed by atoms with van der Waals surface area (Å²) in [5.74, 6) is -0.916. The standard InChI is InChI=1S/C16H14F3N3O5/c1-15(24,9-27-13-4-2-3-7-20-13)14(23)21-10-5-6-12(22(25)26)11(8-10)16(17,18)19/h2-8,24H,9H2,1H3,(H,21,23)/t15-/m0/s1. The second kappa shape index (κ2) is 7.58. The van der Waals surface area contributed by atoms with E-state index < -0.39 is 40.5 Å². The Morgan fingerprint density at radius 2 is 2.04 bits per heavy atom. The Hall–Kier alpha value is -3.21. The number of nitro groups is 1. The van der Waals surface area contributed by atoms with Crippen molar-refractivity contribution < 1.29 is 32.7 Å². The van der Waals surface area contributed by atoms with Crippen LogP contribution >= 0.6 is 0 Å². The third kappa shape index (κ3) is 5.14. The summed E-state index contributed by atoms with van der Waals surface area (Å²) in [7, 11) is 0. The summed E-state index contributed by atoms with van der Waals surface area (Å²) in [6, 6.07) is 6.71. The molecule has 0 radical (unpaired) electrons. The lowest BCUT2D eigenvalue weighted by Gasteiger charge is -2.22. The highest BCUT2D eigenvalue weighted by atomic mass is 19.4. The Bertz CT molecular complexity index is 841. The maximum absolute atomic E-state index is 13.0. The summed E-state index contributed by atoms with van der Waals surface area (Å²) in [5.41, 5.74) is -5.13. The quantitative estimate of drug-likeness (QED) is 0.584. The van der Waals surface area contributed by atoms with Crippen LogP contribution in [0.3, 0.4) is 0 Å². The number of aromatic nitrogens is 1. The lowest BCUT2D eigenvalue weighted by atomic mass is 10.1. The van der Waals surface area contributed by atoms with Gasteiger partial charge in [0.25, 0.3) is 11.6 Å². The van der Waals surface area contributed by atoms with E-state index in [-0.39, 0.29) is 11.6 Å². The van der Waals surface area contributed by atoms with Gasteiger partial charge >= 0.3 is 6.18 Å². The Labute approximate surface area is 150 Å². The molecule has 0 saturated carbocycles. The third-order valence-corrected chi connectivity index (χ3v) is 3.38. The summed E-state index contributed by atoms with van der Waals surface area (Å²) in [6.07, 6.45) is -3.56. The number of carbonyl (C=O) groups is 1. The normalized spacial score (nSPS) is 13.5. The number of alkyl halides is 3. The molecule has 1 aromatic heterocycles. The van der Waals surface area contributed by atoms with Crippen molar-refractivity contribution in [3.05, 3.63) is 58.3 Å². The molecule has 11 heteroatoms. The Balaban J connectivity index is 2.15. The van der Waals surface area contributed by atoms with E-state index in [0.717, 1.165) is 13.0 Å². The van der Waals surface area contributed by atoms with Gasteiger partial charge in [-0.05, 0) is 25.1 Å². The van der Waals surface area contributed by atoms with Gasteiger partial charge in [-0.3, -0.25) is 14.9 Å². The molecule has 0 saturated heterocycles. The Morgan fingerprint density at radius 3 is 2.59 bits per heavy atom. The van der Waals surface area contributed by atoms with Crippen LogP contribution < -0.4 is 10.1 Å². The SMILES string of the molecule is C[C@](O)(COc1ccccn1)C(=O)Nc1ccc([N+](=O)[O-])c(C(F)(F)F)c1. The van der Waals surface area contributed by atoms with Gasteiger partial charge in [-0.2, -0.15) is 13.2 Å². The van der Waals surface area contributed by atoms with Crippen LogP contribution in [0.15, 0.2) is 42.6 Å². The molecular weight excluding hydrogens is 371 g/mol. The fourth-order valence-corrected chi connectivity index (χ4v) is 1.98. The van der Waals surface area contributed by atoms with Crippen molar-refractivity contribution in [2.45, 2.75) is 18.7 Å². The van der Waals surface area contributed by atoms with Gasteiger partial charge in [-0.15, -0.1) is 0 Å². The molecule has 0 aliphatic rings. The second-order valence-electron chi connectivity index (χ2n) is 5.67. The monoisotopic (exact) mass is 385 g/mol. The minimum absolute atomic E-state index is 0.139. The molecule has 2 aromatic rings. The van der Waals surface area contributed by atoms with Crippen LogP contribution in [0.5, 0.6) is 5.88 Å². The molecule has 0 aliphatic carbocycles. The van der Waals surface area contributed by atoms with Gasteiger partial charge in [0.15, 0.2) is 5.60 Å². The molecule has 144 valence electrons. The van der Waals surface area contributed by atoms with E-state index >= 15 is 0 Å². The molecule has 2 rings (SSSR count). The maximum Gasteiger partial charge on any atom is 0.423 e. The maximum atomic E-state index is 13.0. The first-order chi connectivity index (χ1) is 12.5. The van der Waals surface area contributed by atoms with Crippen LogP contribution in [0.4, 0.5) is 24.5 Å². The first-order valence-corrected chi connectivity index (χ1v) is 7.44. The van der Waals surface area contributed by atoms with Gasteiger partial charge < -0.3 is 15.2 Å². The van der Waals surface area contributed by atoms with Gasteiger partial charge in [0, 0.05) is 24.0 Å². The van der Waals surface area contributed by atoms with Gasteiger partial charge in [0.05, 0.1) is 4.92 Å². The number of hydrogen-bond acceptors (Lipinski definition) is 6. The first-order valence-electron chi connectivity index (χ1n) is 7.44. The third-order valence-electron chi connectivity index (χ3n) is 3.38. The number of rotatable bonds is 6. The zero-order valence-electron chi connectivity index (χ0n) is 13.9. The molecule has 27 heavy (non-hydrogen) atoms. The van der Waals surface area contributed by atoms with E-state index in [9.17, 15) is 33.2 Å². The average molecular weight is 385 g/mol. The van der Waals surface area contributed by atoms with E-state index in [0.29, 0.717) is 12.1 Å². The van der Waals surface area contributed by atoms with E-state index in [1.54, 1.807) is 12.1 Å². The molecule has 1 heterocycles. The highest BCUT2D eigenvalue weighted by Gasteiger charge is 2.39. The predicted octanol–water partition coefficient (Wildman–Crippen LogP) is 2.78. The van der Waals surface area contributed by atoms with Crippen molar-refractivity contribution in [1.29, 1.82) is 0 Å². The van der Waals surface area contributed by atoms with Crippen LogP contribution in [0, 0.1) is 10.1 Å². The zero-order valence-corrected chi connectivity index (χ0v) is 13.9. The number of benzene rings is 1. The molecule has 0 fully saturated rings. The molecule has 0 aliphatic heterocycles. The number of halogens is 3. The van der Waals surface area contributed by atoms with E-state index in [2.05, 4.69) is 10.3 Å². The van der Waals surface area contributed by atoms with E-state index in [1.807, 2.05) is 0 Å². The topological polar surface area (TPSA) is 115 Å². The van der Waals surface area contributed by atoms with Crippen molar-refractivity contribution in [1.82, 2.24) is 4.98 Å². The fraction of sp³-hybridized carbons (Fsp3) is 0.250. The van der Waals surface area contributed by atoms with Crippen molar-refractivity contribution in [2.75, 3.05) is 11.9 Å². The van der Waals surface area contributed by atoms with Crippen molar-refractivity contribution >= 4 is 17.3 Å². The molecule has 2 N–H and O–H groups in total. The van der Waals surface area contributed by atoms with E-state index in [4.69, 9.17) is 4.74 Å². The van der Waals surface area contributed by atoms with Crippen LogP contribution in [-0.4, -0.2) is 33.1 Å². The van der Waals surface area contributed by atoms with Crippen LogP contribution in [0.25, 0.3) is 0 Å². The van der Waals surface area contributed by atoms with Gasteiger partial charge in [-0.25, -0.2) is 4.98 Å². The highest BCUT2D eigenvalue weighted by Crippen LogP contribution is 2.37. The van der Waals surface area contributed by atoms with Gasteiger partial charge in [0.2, 0.25) is 5.88 Å². The lowest BCUT2D eigenvalue weighted by Crippen LogP contribution is -2.45. The number of nitrogens with one attached hydrogen (secondary N) is 1. The molecule has 0 unspecified atom stereocenters. The summed E-state index contributed by atoms with van der Waals surface area (Å²) >= 11 is 0. The van der Waals surface area contributed by atoms with Crippen LogP contribution in [-0.2, 0) is 11.0 Å². The molecule has 1 atom stereocenters. The molecule has 0 spiro atoms. The second-order valence-corrected chi connectivity index (χ2v) is 5.67. The minimum atomic E-state index is -4.99. The number of anilines is 1. The average Bonchev–Trinajstić information content (AvgIpc) is 2.60. The first kappa shape index (κ1) is 20.1. The Morgan fingerprint density at radius 1 is 1.33 bits per heavy atom. The van der Waals surface area contributed by atoms with Crippen LogP contribution in [0.2, 0.25) is 0 Å². The van der Waals surface area contributed by atoms with Gasteiger partial charge in [-0.1, -0.05) is 6.07 Å². The van der Waals surface area contributed by atoms with Crippen LogP contribution in [0.1, 0.15) is 12.5 Å². The van der Waals surface area contributed by atoms with Crippen molar-refractivity contribution in [2.24, 2.45) is 0 Å². The molecule has 1 aromatic carbocycles. The smallest absolute Gasteiger partial charge is 0.423 e. The number of amides is 1. The highest BCUT2D eigenvalue weighted by molar-refractivity contribution is 5.97. The number of carbonyl (C=O) groups excluding carboxylic acids is 1. The number of aliphatic hydroxyl groups is 1. The minimum Gasteiger partial charge on any atom is -0.474 e. The van der Waals surface area contributed by atoms with Crippen molar-refractivity contribution in [3.63, 3.8) is 0 Å². The molecule has 1 amide bonds. The summed E-state index contributed by atoms with van der Waals surface area (Å²) < 4.78 is 44.1. The van der Waals surface area contributed by atoms with E-state index in [1.165, 1.54) is 12.3 Å². The largest absolute Gasteiger partial charge is 0.474 e. The van der Waals surface area contributed by atoms with Crippen molar-refractivity contribution in [3.8, 4) is 5.88 Å². The summed E-state index contributed by atoms with van der Waals surface area (Å²) in [6.45, 7) is 0.580. The summed E-state index contributed by atoms with van der Waals surface area (Å²) in [4.78, 5) is 25.6. The lowest BCUT2D eigenvalue weighted by molar-refractivity contribution is -0.388.